The molecule has 0 N–H and O–H groups in total. The lowest BCUT2D eigenvalue weighted by molar-refractivity contribution is -0.129. The Hall–Kier alpha value is -2.76. The number of carbonyl (C=O) groups excluding carboxylic acids is 1. The van der Waals surface area contributed by atoms with E-state index in [4.69, 9.17) is 25.5 Å². The van der Waals surface area contributed by atoms with E-state index in [1.54, 1.807) is 24.3 Å². The molecule has 1 saturated heterocycles. The molecule has 0 unspecified atom stereocenters. The predicted molar refractivity (Wildman–Crippen MR) is 114 cm³/mol. The average Bonchev–Trinajstić information content (AvgIpc) is 3.16. The lowest BCUT2D eigenvalue weighted by Crippen LogP contribution is -2.39. The maximum atomic E-state index is 12.6. The Morgan fingerprint density at radius 2 is 1.90 bits per heavy atom. The van der Waals surface area contributed by atoms with E-state index in [0.717, 1.165) is 33.2 Å². The van der Waals surface area contributed by atoms with Crippen LogP contribution in [0.15, 0.2) is 53.2 Å². The van der Waals surface area contributed by atoms with Crippen LogP contribution in [0.4, 0.5) is 0 Å². The van der Waals surface area contributed by atoms with Gasteiger partial charge in [0.05, 0.1) is 26.6 Å². The third-order valence-electron chi connectivity index (χ3n) is 5.14. The summed E-state index contributed by atoms with van der Waals surface area (Å²) in [4.78, 5) is 14.4. The molecule has 5 nitrogen and oxygen atoms in total. The van der Waals surface area contributed by atoms with Crippen molar-refractivity contribution in [2.75, 3.05) is 33.4 Å². The zero-order valence-corrected chi connectivity index (χ0v) is 17.2. The number of ether oxygens (including phenoxy) is 2. The summed E-state index contributed by atoms with van der Waals surface area (Å²) in [5.74, 6) is 0.649. The van der Waals surface area contributed by atoms with E-state index in [2.05, 4.69) is 0 Å². The van der Waals surface area contributed by atoms with Gasteiger partial charge in [0.1, 0.15) is 11.3 Å². The van der Waals surface area contributed by atoms with Crippen LogP contribution < -0.4 is 4.74 Å². The monoisotopic (exact) mass is 411 g/mol. The van der Waals surface area contributed by atoms with Crippen molar-refractivity contribution in [2.45, 2.75) is 6.92 Å². The highest BCUT2D eigenvalue weighted by Gasteiger charge is 2.18. The standard InChI is InChI=1S/C23H22ClNO4/c1-15(11-23(26)25-7-9-28-10-8-25)18-12-19-20(16-3-5-17(24)6-4-16)14-29-22(19)13-21(18)27-2/h3-6,11-14H,7-10H2,1-2H3/b15-11+. The summed E-state index contributed by atoms with van der Waals surface area (Å²) in [7, 11) is 1.62. The molecular weight excluding hydrogens is 390 g/mol. The highest BCUT2D eigenvalue weighted by Crippen LogP contribution is 2.37. The van der Waals surface area contributed by atoms with Crippen LogP contribution in [0.2, 0.25) is 5.02 Å². The van der Waals surface area contributed by atoms with E-state index in [9.17, 15) is 4.79 Å². The van der Waals surface area contributed by atoms with Gasteiger partial charge in [-0.2, -0.15) is 0 Å². The molecule has 0 aliphatic carbocycles. The second-order valence-corrected chi connectivity index (χ2v) is 7.41. The summed E-state index contributed by atoms with van der Waals surface area (Å²) in [5, 5.41) is 1.64. The lowest BCUT2D eigenvalue weighted by Gasteiger charge is -2.26. The highest BCUT2D eigenvalue weighted by atomic mass is 35.5. The van der Waals surface area contributed by atoms with Crippen molar-refractivity contribution in [3.05, 3.63) is 59.3 Å². The van der Waals surface area contributed by atoms with Gasteiger partial charge in [-0.05, 0) is 36.3 Å². The van der Waals surface area contributed by atoms with Crippen molar-refractivity contribution in [2.24, 2.45) is 0 Å². The molecule has 0 atom stereocenters. The van der Waals surface area contributed by atoms with Gasteiger partial charge in [0.2, 0.25) is 5.91 Å². The van der Waals surface area contributed by atoms with Gasteiger partial charge in [-0.15, -0.1) is 0 Å². The van der Waals surface area contributed by atoms with Gasteiger partial charge in [0.15, 0.2) is 0 Å². The van der Waals surface area contributed by atoms with Gasteiger partial charge in [-0.3, -0.25) is 4.79 Å². The molecule has 1 aliphatic heterocycles. The number of benzene rings is 2. The fourth-order valence-electron chi connectivity index (χ4n) is 3.52. The van der Waals surface area contributed by atoms with E-state index >= 15 is 0 Å². The summed E-state index contributed by atoms with van der Waals surface area (Å²) in [5.41, 5.74) is 4.40. The molecule has 1 aromatic heterocycles. The first-order valence-electron chi connectivity index (χ1n) is 9.47. The molecule has 1 amide bonds. The van der Waals surface area contributed by atoms with Crippen LogP contribution >= 0.6 is 11.6 Å². The number of amides is 1. The molecule has 4 rings (SSSR count). The number of nitrogens with zero attached hydrogens (tertiary/aromatic N) is 1. The quantitative estimate of drug-likeness (QED) is 0.565. The number of hydrogen-bond donors (Lipinski definition) is 0. The third-order valence-corrected chi connectivity index (χ3v) is 5.39. The van der Waals surface area contributed by atoms with E-state index in [1.165, 1.54) is 0 Å². The third kappa shape index (κ3) is 4.02. The van der Waals surface area contributed by atoms with Crippen LogP contribution in [0.3, 0.4) is 0 Å². The first-order valence-corrected chi connectivity index (χ1v) is 9.85. The van der Waals surface area contributed by atoms with Gasteiger partial charge >= 0.3 is 0 Å². The fourth-order valence-corrected chi connectivity index (χ4v) is 3.65. The van der Waals surface area contributed by atoms with Crippen LogP contribution in [-0.4, -0.2) is 44.2 Å². The molecule has 1 fully saturated rings. The molecule has 6 heteroatoms. The smallest absolute Gasteiger partial charge is 0.247 e. The average molecular weight is 412 g/mol. The number of methoxy groups -OCH3 is 1. The van der Waals surface area contributed by atoms with Crippen molar-refractivity contribution in [1.29, 1.82) is 0 Å². The number of rotatable bonds is 4. The topological polar surface area (TPSA) is 51.9 Å². The number of furan rings is 1. The Morgan fingerprint density at radius 1 is 1.17 bits per heavy atom. The second kappa shape index (κ2) is 8.31. The van der Waals surface area contributed by atoms with E-state index in [0.29, 0.717) is 37.1 Å². The fraction of sp³-hybridized carbons (Fsp3) is 0.261. The minimum absolute atomic E-state index is 0.0157. The maximum absolute atomic E-state index is 12.6. The zero-order valence-electron chi connectivity index (χ0n) is 16.4. The Morgan fingerprint density at radius 3 is 2.59 bits per heavy atom. The second-order valence-electron chi connectivity index (χ2n) is 6.97. The van der Waals surface area contributed by atoms with Crippen LogP contribution in [0.1, 0.15) is 12.5 Å². The molecule has 29 heavy (non-hydrogen) atoms. The molecule has 150 valence electrons. The van der Waals surface area contributed by atoms with E-state index in [1.807, 2.05) is 43.3 Å². The highest BCUT2D eigenvalue weighted by molar-refractivity contribution is 6.30. The first-order chi connectivity index (χ1) is 14.1. The predicted octanol–water partition coefficient (Wildman–Crippen LogP) is 5.02. The Bertz CT molecular complexity index is 1060. The van der Waals surface area contributed by atoms with Crippen molar-refractivity contribution >= 4 is 34.1 Å². The number of fused-ring (bicyclic) bond motifs is 1. The lowest BCUT2D eigenvalue weighted by atomic mass is 9.99. The molecule has 0 spiro atoms. The van der Waals surface area contributed by atoms with Crippen molar-refractivity contribution < 1.29 is 18.7 Å². The molecular formula is C23H22ClNO4. The first kappa shape index (κ1) is 19.6. The minimum atomic E-state index is -0.0157. The Labute approximate surface area is 174 Å². The van der Waals surface area contributed by atoms with Crippen molar-refractivity contribution in [3.8, 4) is 16.9 Å². The van der Waals surface area contributed by atoms with Gasteiger partial charge in [-0.25, -0.2) is 0 Å². The minimum Gasteiger partial charge on any atom is -0.496 e. The molecule has 1 aliphatic rings. The van der Waals surface area contributed by atoms with Gasteiger partial charge in [-0.1, -0.05) is 23.7 Å². The summed E-state index contributed by atoms with van der Waals surface area (Å²) in [6, 6.07) is 11.5. The van der Waals surface area contributed by atoms with E-state index in [-0.39, 0.29) is 5.91 Å². The van der Waals surface area contributed by atoms with Crippen LogP contribution in [0.25, 0.3) is 27.7 Å². The number of morpholine rings is 1. The van der Waals surface area contributed by atoms with Crippen molar-refractivity contribution in [1.82, 2.24) is 4.90 Å². The Balaban J connectivity index is 1.74. The van der Waals surface area contributed by atoms with E-state index < -0.39 is 0 Å². The summed E-state index contributed by atoms with van der Waals surface area (Å²) in [6.45, 7) is 4.30. The summed E-state index contributed by atoms with van der Waals surface area (Å²) in [6.07, 6.45) is 3.39. The number of allylic oxidation sites excluding steroid dienone is 1. The molecule has 2 aromatic carbocycles. The zero-order chi connectivity index (χ0) is 20.4. The molecule has 3 aromatic rings. The van der Waals surface area contributed by atoms with Gasteiger partial charge in [0, 0.05) is 46.8 Å². The van der Waals surface area contributed by atoms with Crippen LogP contribution in [0.5, 0.6) is 5.75 Å². The molecule has 0 saturated carbocycles. The SMILES string of the molecule is COc1cc2occ(-c3ccc(Cl)cc3)c2cc1/C(C)=C/C(=O)N1CCOCC1. The summed E-state index contributed by atoms with van der Waals surface area (Å²) >= 11 is 6.02. The van der Waals surface area contributed by atoms with Crippen molar-refractivity contribution in [3.63, 3.8) is 0 Å². The Kier molecular flexibility index (Phi) is 5.60. The number of carbonyl (C=O) groups is 1. The molecule has 0 radical (unpaired) electrons. The molecule has 0 bridgehead atoms. The van der Waals surface area contributed by atoms with Gasteiger partial charge < -0.3 is 18.8 Å². The normalized spacial score (nSPS) is 15.0. The van der Waals surface area contributed by atoms with Crippen LogP contribution in [-0.2, 0) is 9.53 Å². The molecule has 2 heterocycles. The largest absolute Gasteiger partial charge is 0.496 e. The number of hydrogen-bond acceptors (Lipinski definition) is 4. The summed E-state index contributed by atoms with van der Waals surface area (Å²) < 4.78 is 16.7. The van der Waals surface area contributed by atoms with Crippen LogP contribution in [0, 0.1) is 0 Å². The number of halogens is 1. The van der Waals surface area contributed by atoms with Gasteiger partial charge in [0.25, 0.3) is 0 Å². The maximum Gasteiger partial charge on any atom is 0.247 e.